The van der Waals surface area contributed by atoms with Gasteiger partial charge in [-0.3, -0.25) is 9.78 Å². The standard InChI is InChI=1S/C27H32N8O/c1-17-25(12-22(14-29-17)30-21-10-18(13-28)9-20(11-21)27(2,3)4)35-16-24(32-33-35)26(36)31-23-15-34-7-5-19(23)6-8-34/h9-12,14,16,19,23,30H,5-8,15H2,1-4H3,(H,31,36). The number of anilines is 2. The topological polar surface area (TPSA) is 112 Å². The summed E-state index contributed by atoms with van der Waals surface area (Å²) in [4.78, 5) is 19.8. The zero-order valence-corrected chi connectivity index (χ0v) is 21.2. The van der Waals surface area contributed by atoms with Crippen LogP contribution in [0.3, 0.4) is 0 Å². The molecule has 1 atom stereocenters. The third-order valence-electron chi connectivity index (χ3n) is 7.22. The summed E-state index contributed by atoms with van der Waals surface area (Å²) in [6.07, 6.45) is 5.67. The van der Waals surface area contributed by atoms with Crippen molar-refractivity contribution in [2.24, 2.45) is 5.92 Å². The van der Waals surface area contributed by atoms with E-state index in [0.29, 0.717) is 17.2 Å². The molecule has 0 spiro atoms. The van der Waals surface area contributed by atoms with E-state index < -0.39 is 0 Å². The van der Waals surface area contributed by atoms with Crippen molar-refractivity contribution in [1.82, 2.24) is 30.2 Å². The van der Waals surface area contributed by atoms with Gasteiger partial charge in [0.15, 0.2) is 5.69 Å². The molecule has 9 heteroatoms. The number of hydrogen-bond acceptors (Lipinski definition) is 7. The molecule has 186 valence electrons. The Morgan fingerprint density at radius 2 is 1.92 bits per heavy atom. The van der Waals surface area contributed by atoms with Crippen LogP contribution in [0.1, 0.15) is 60.9 Å². The van der Waals surface area contributed by atoms with Crippen molar-refractivity contribution in [2.75, 3.05) is 25.0 Å². The third kappa shape index (κ3) is 4.95. The summed E-state index contributed by atoms with van der Waals surface area (Å²) in [5.74, 6) is 0.351. The van der Waals surface area contributed by atoms with Gasteiger partial charge in [0, 0.05) is 18.3 Å². The molecule has 0 aliphatic carbocycles. The maximum Gasteiger partial charge on any atom is 0.273 e. The Bertz CT molecular complexity index is 1320. The van der Waals surface area contributed by atoms with Crippen LogP contribution in [0.2, 0.25) is 0 Å². The van der Waals surface area contributed by atoms with Gasteiger partial charge < -0.3 is 15.5 Å². The van der Waals surface area contributed by atoms with Crippen LogP contribution in [-0.4, -0.2) is 56.5 Å². The van der Waals surface area contributed by atoms with Gasteiger partial charge in [-0.1, -0.05) is 26.0 Å². The number of benzene rings is 1. The Morgan fingerprint density at radius 3 is 2.58 bits per heavy atom. The Morgan fingerprint density at radius 1 is 1.14 bits per heavy atom. The van der Waals surface area contributed by atoms with Crippen molar-refractivity contribution in [3.8, 4) is 11.8 Å². The number of fused-ring (bicyclic) bond motifs is 3. The Kier molecular flexibility index (Phi) is 6.22. The Balaban J connectivity index is 1.35. The minimum atomic E-state index is -0.192. The zero-order chi connectivity index (χ0) is 25.4. The minimum Gasteiger partial charge on any atom is -0.354 e. The molecule has 1 aromatic carbocycles. The molecule has 3 aliphatic rings. The van der Waals surface area contributed by atoms with Gasteiger partial charge in [-0.05, 0) is 74.0 Å². The second-order valence-electron chi connectivity index (χ2n) is 10.9. The number of amides is 1. The average Bonchev–Trinajstić information content (AvgIpc) is 3.35. The second kappa shape index (κ2) is 9.36. The third-order valence-corrected chi connectivity index (χ3v) is 7.22. The molecular weight excluding hydrogens is 452 g/mol. The fraction of sp³-hybridized carbons (Fsp3) is 0.444. The molecule has 0 saturated carbocycles. The van der Waals surface area contributed by atoms with Crippen molar-refractivity contribution in [3.05, 3.63) is 59.2 Å². The number of piperidine rings is 3. The number of aromatic nitrogens is 4. The van der Waals surface area contributed by atoms with Crippen LogP contribution in [0.25, 0.3) is 5.69 Å². The number of pyridine rings is 1. The van der Waals surface area contributed by atoms with Crippen molar-refractivity contribution >= 4 is 17.3 Å². The fourth-order valence-electron chi connectivity index (χ4n) is 5.04. The highest BCUT2D eigenvalue weighted by Crippen LogP contribution is 2.29. The fourth-order valence-corrected chi connectivity index (χ4v) is 5.04. The first-order valence-electron chi connectivity index (χ1n) is 12.4. The summed E-state index contributed by atoms with van der Waals surface area (Å²) in [5.41, 5.74) is 4.91. The lowest BCUT2D eigenvalue weighted by Gasteiger charge is -2.44. The molecule has 9 nitrogen and oxygen atoms in total. The van der Waals surface area contributed by atoms with Crippen LogP contribution in [0.15, 0.2) is 36.7 Å². The minimum absolute atomic E-state index is 0.0910. The number of nitrogens with one attached hydrogen (secondary N) is 2. The molecular formula is C27H32N8O. The molecule has 36 heavy (non-hydrogen) atoms. The van der Waals surface area contributed by atoms with Crippen LogP contribution in [0, 0.1) is 24.2 Å². The maximum atomic E-state index is 12.9. The molecule has 1 amide bonds. The number of rotatable bonds is 5. The SMILES string of the molecule is Cc1ncc(Nc2cc(C#N)cc(C(C)(C)C)c2)cc1-n1cc(C(=O)NC2CN3CCC2CC3)nn1. The molecule has 1 unspecified atom stereocenters. The summed E-state index contributed by atoms with van der Waals surface area (Å²) in [6, 6.07) is 10.1. The van der Waals surface area contributed by atoms with Crippen LogP contribution in [-0.2, 0) is 5.41 Å². The van der Waals surface area contributed by atoms with Crippen LogP contribution >= 0.6 is 0 Å². The molecule has 3 saturated heterocycles. The Hall–Kier alpha value is -3.77. The van der Waals surface area contributed by atoms with Crippen LogP contribution in [0.5, 0.6) is 0 Å². The van der Waals surface area contributed by atoms with Gasteiger partial charge in [0.2, 0.25) is 0 Å². The van der Waals surface area contributed by atoms with E-state index in [1.165, 1.54) is 0 Å². The average molecular weight is 485 g/mol. The highest BCUT2D eigenvalue weighted by atomic mass is 16.2. The second-order valence-corrected chi connectivity index (χ2v) is 10.9. The molecule has 2 N–H and O–H groups in total. The number of carbonyl (C=O) groups is 1. The normalized spacial score (nSPS) is 21.1. The molecule has 2 bridgehead atoms. The number of hydrogen-bond donors (Lipinski definition) is 2. The number of nitrogens with zero attached hydrogens (tertiary/aromatic N) is 6. The maximum absolute atomic E-state index is 12.9. The first-order valence-corrected chi connectivity index (χ1v) is 12.4. The van der Waals surface area contributed by atoms with E-state index in [2.05, 4.69) is 57.7 Å². The molecule has 2 aromatic heterocycles. The van der Waals surface area contributed by atoms with Crippen LogP contribution in [0.4, 0.5) is 11.4 Å². The van der Waals surface area contributed by atoms with Gasteiger partial charge >= 0.3 is 0 Å². The lowest BCUT2D eigenvalue weighted by molar-refractivity contribution is 0.0617. The largest absolute Gasteiger partial charge is 0.354 e. The van der Waals surface area contributed by atoms with Gasteiger partial charge in [0.1, 0.15) is 0 Å². The predicted molar refractivity (Wildman–Crippen MR) is 137 cm³/mol. The van der Waals surface area contributed by atoms with Gasteiger partial charge in [0.05, 0.1) is 41.1 Å². The number of carbonyl (C=O) groups excluding carboxylic acids is 1. The highest BCUT2D eigenvalue weighted by Gasteiger charge is 2.35. The quantitative estimate of drug-likeness (QED) is 0.568. The summed E-state index contributed by atoms with van der Waals surface area (Å²) in [6.45, 7) is 11.4. The van der Waals surface area contributed by atoms with Gasteiger partial charge in [-0.15, -0.1) is 5.10 Å². The van der Waals surface area contributed by atoms with E-state index in [-0.39, 0.29) is 17.4 Å². The van der Waals surface area contributed by atoms with Gasteiger partial charge in [-0.25, -0.2) is 4.68 Å². The number of aryl methyl sites for hydroxylation is 1. The van der Waals surface area contributed by atoms with E-state index >= 15 is 0 Å². The summed E-state index contributed by atoms with van der Waals surface area (Å²) in [5, 5.41) is 24.4. The Labute approximate surface area is 211 Å². The summed E-state index contributed by atoms with van der Waals surface area (Å²) >= 11 is 0. The zero-order valence-electron chi connectivity index (χ0n) is 21.2. The molecule has 5 heterocycles. The summed E-state index contributed by atoms with van der Waals surface area (Å²) in [7, 11) is 0. The van der Waals surface area contributed by atoms with Crippen LogP contribution < -0.4 is 10.6 Å². The van der Waals surface area contributed by atoms with E-state index in [9.17, 15) is 10.1 Å². The smallest absolute Gasteiger partial charge is 0.273 e. The summed E-state index contributed by atoms with van der Waals surface area (Å²) < 4.78 is 1.59. The highest BCUT2D eigenvalue weighted by molar-refractivity contribution is 5.92. The molecule has 0 radical (unpaired) electrons. The van der Waals surface area contributed by atoms with Gasteiger partial charge in [-0.2, -0.15) is 5.26 Å². The lowest BCUT2D eigenvalue weighted by Crippen LogP contribution is -2.57. The predicted octanol–water partition coefficient (Wildman–Crippen LogP) is 3.71. The van der Waals surface area contributed by atoms with Crippen molar-refractivity contribution in [1.29, 1.82) is 5.26 Å². The van der Waals surface area contributed by atoms with E-state index in [0.717, 1.165) is 60.8 Å². The monoisotopic (exact) mass is 484 g/mol. The van der Waals surface area contributed by atoms with E-state index in [1.807, 2.05) is 31.2 Å². The van der Waals surface area contributed by atoms with Crippen molar-refractivity contribution < 1.29 is 4.79 Å². The molecule has 3 fully saturated rings. The molecule has 3 aliphatic heterocycles. The lowest BCUT2D eigenvalue weighted by atomic mass is 9.84. The van der Waals surface area contributed by atoms with Crippen molar-refractivity contribution in [3.63, 3.8) is 0 Å². The first kappa shape index (κ1) is 23.9. The molecule has 3 aromatic rings. The van der Waals surface area contributed by atoms with Gasteiger partial charge in [0.25, 0.3) is 5.91 Å². The number of nitriles is 1. The van der Waals surface area contributed by atoms with Crippen molar-refractivity contribution in [2.45, 2.75) is 52.0 Å². The van der Waals surface area contributed by atoms with E-state index in [4.69, 9.17) is 0 Å². The van der Waals surface area contributed by atoms with E-state index in [1.54, 1.807) is 17.1 Å². The molecule has 6 rings (SSSR count). The first-order chi connectivity index (χ1) is 17.2.